The van der Waals surface area contributed by atoms with Crippen LogP contribution in [0.15, 0.2) is 47.1 Å². The summed E-state index contributed by atoms with van der Waals surface area (Å²) in [6.45, 7) is 2.13. The predicted molar refractivity (Wildman–Crippen MR) is 85.2 cm³/mol. The van der Waals surface area contributed by atoms with Gasteiger partial charge in [0, 0.05) is 18.5 Å². The summed E-state index contributed by atoms with van der Waals surface area (Å²) in [5.41, 5.74) is 0.906. The lowest BCUT2D eigenvalue weighted by Crippen LogP contribution is -2.32. The highest BCUT2D eigenvalue weighted by Crippen LogP contribution is 2.24. The van der Waals surface area contributed by atoms with Crippen LogP contribution >= 0.6 is 0 Å². The van der Waals surface area contributed by atoms with Gasteiger partial charge in [-0.1, -0.05) is 18.2 Å². The van der Waals surface area contributed by atoms with Crippen molar-refractivity contribution in [2.75, 3.05) is 13.7 Å². The van der Waals surface area contributed by atoms with Gasteiger partial charge in [-0.25, -0.2) is 0 Å². The number of hydrogen-bond donors (Lipinski definition) is 2. The zero-order chi connectivity index (χ0) is 16.7. The SMILES string of the molecule is COc1ccccc1C(C)NC(=O)CCNC(=O)c1ccco1. The fourth-order valence-corrected chi connectivity index (χ4v) is 2.20. The summed E-state index contributed by atoms with van der Waals surface area (Å²) in [6, 6.07) is 10.5. The molecule has 0 spiro atoms. The van der Waals surface area contributed by atoms with Crippen LogP contribution in [0.2, 0.25) is 0 Å². The normalized spacial score (nSPS) is 11.6. The van der Waals surface area contributed by atoms with Gasteiger partial charge in [0.1, 0.15) is 5.75 Å². The molecule has 122 valence electrons. The Hall–Kier alpha value is -2.76. The Labute approximate surface area is 134 Å². The second-order valence-electron chi connectivity index (χ2n) is 5.01. The molecule has 0 fully saturated rings. The Balaban J connectivity index is 1.79. The highest BCUT2D eigenvalue weighted by molar-refractivity contribution is 5.91. The topological polar surface area (TPSA) is 80.6 Å². The monoisotopic (exact) mass is 316 g/mol. The first kappa shape index (κ1) is 16.6. The summed E-state index contributed by atoms with van der Waals surface area (Å²) in [5, 5.41) is 5.52. The number of carbonyl (C=O) groups excluding carboxylic acids is 2. The molecule has 0 radical (unpaired) electrons. The van der Waals surface area contributed by atoms with E-state index in [-0.39, 0.29) is 36.6 Å². The lowest BCUT2D eigenvalue weighted by atomic mass is 10.1. The molecule has 0 aliphatic heterocycles. The van der Waals surface area contributed by atoms with Gasteiger partial charge in [0.05, 0.1) is 19.4 Å². The van der Waals surface area contributed by atoms with E-state index in [2.05, 4.69) is 10.6 Å². The lowest BCUT2D eigenvalue weighted by molar-refractivity contribution is -0.121. The van der Waals surface area contributed by atoms with Crippen LogP contribution in [-0.4, -0.2) is 25.5 Å². The number of carbonyl (C=O) groups is 2. The van der Waals surface area contributed by atoms with Crippen molar-refractivity contribution in [2.45, 2.75) is 19.4 Å². The van der Waals surface area contributed by atoms with Crippen LogP contribution in [0.1, 0.15) is 35.5 Å². The van der Waals surface area contributed by atoms with Gasteiger partial charge in [0.25, 0.3) is 5.91 Å². The lowest BCUT2D eigenvalue weighted by Gasteiger charge is -2.17. The molecular formula is C17H20N2O4. The molecule has 2 N–H and O–H groups in total. The summed E-state index contributed by atoms with van der Waals surface area (Å²) in [7, 11) is 1.59. The molecule has 0 saturated heterocycles. The molecule has 1 atom stereocenters. The number of hydrogen-bond acceptors (Lipinski definition) is 4. The zero-order valence-electron chi connectivity index (χ0n) is 13.2. The fourth-order valence-electron chi connectivity index (χ4n) is 2.20. The van der Waals surface area contributed by atoms with Crippen molar-refractivity contribution in [3.63, 3.8) is 0 Å². The van der Waals surface area contributed by atoms with Crippen molar-refractivity contribution in [2.24, 2.45) is 0 Å². The van der Waals surface area contributed by atoms with Gasteiger partial charge in [-0.3, -0.25) is 9.59 Å². The van der Waals surface area contributed by atoms with E-state index in [4.69, 9.17) is 9.15 Å². The third-order valence-corrected chi connectivity index (χ3v) is 3.37. The van der Waals surface area contributed by atoms with E-state index in [0.29, 0.717) is 0 Å². The molecule has 2 amide bonds. The first-order chi connectivity index (χ1) is 11.1. The van der Waals surface area contributed by atoms with Gasteiger partial charge in [-0.2, -0.15) is 0 Å². The molecule has 0 saturated carbocycles. The molecule has 1 aromatic heterocycles. The fraction of sp³-hybridized carbons (Fsp3) is 0.294. The van der Waals surface area contributed by atoms with E-state index < -0.39 is 0 Å². The quantitative estimate of drug-likeness (QED) is 0.821. The maximum atomic E-state index is 12.0. The summed E-state index contributed by atoms with van der Waals surface area (Å²) in [4.78, 5) is 23.6. The predicted octanol–water partition coefficient (Wildman–Crippen LogP) is 2.29. The minimum absolute atomic E-state index is 0.150. The van der Waals surface area contributed by atoms with Crippen LogP contribution in [0, 0.1) is 0 Å². The Morgan fingerprint density at radius 1 is 1.22 bits per heavy atom. The molecule has 2 aromatic rings. The average Bonchev–Trinajstić information content (AvgIpc) is 3.09. The van der Waals surface area contributed by atoms with Crippen LogP contribution < -0.4 is 15.4 Å². The van der Waals surface area contributed by atoms with E-state index in [1.807, 2.05) is 31.2 Å². The number of nitrogens with one attached hydrogen (secondary N) is 2. The molecule has 2 rings (SSSR count). The van der Waals surface area contributed by atoms with Gasteiger partial charge in [0.15, 0.2) is 5.76 Å². The molecular weight excluding hydrogens is 296 g/mol. The minimum Gasteiger partial charge on any atom is -0.496 e. The summed E-state index contributed by atoms with van der Waals surface area (Å²) >= 11 is 0. The maximum absolute atomic E-state index is 12.0. The van der Waals surface area contributed by atoms with Crippen molar-refractivity contribution in [1.82, 2.24) is 10.6 Å². The standard InChI is InChI=1S/C17H20N2O4/c1-12(13-6-3-4-7-14(13)22-2)19-16(20)9-10-18-17(21)15-8-5-11-23-15/h3-8,11-12H,9-10H2,1-2H3,(H,18,21)(H,19,20). The Kier molecular flexibility index (Phi) is 5.80. The highest BCUT2D eigenvalue weighted by atomic mass is 16.5. The zero-order valence-corrected chi connectivity index (χ0v) is 13.2. The number of furan rings is 1. The molecule has 1 heterocycles. The van der Waals surface area contributed by atoms with Crippen LogP contribution in [0.25, 0.3) is 0 Å². The Morgan fingerprint density at radius 3 is 2.70 bits per heavy atom. The second kappa shape index (κ2) is 8.03. The van der Waals surface area contributed by atoms with E-state index in [1.54, 1.807) is 19.2 Å². The number of para-hydroxylation sites is 1. The first-order valence-corrected chi connectivity index (χ1v) is 7.35. The largest absolute Gasteiger partial charge is 0.496 e. The average molecular weight is 316 g/mol. The van der Waals surface area contributed by atoms with E-state index in [1.165, 1.54) is 6.26 Å². The van der Waals surface area contributed by atoms with Gasteiger partial charge < -0.3 is 19.8 Å². The number of ether oxygens (including phenoxy) is 1. The molecule has 6 heteroatoms. The van der Waals surface area contributed by atoms with Crippen molar-refractivity contribution in [3.05, 3.63) is 54.0 Å². The molecule has 23 heavy (non-hydrogen) atoms. The number of benzene rings is 1. The van der Waals surface area contributed by atoms with Crippen molar-refractivity contribution >= 4 is 11.8 Å². The molecule has 0 aliphatic rings. The molecule has 1 aromatic carbocycles. The first-order valence-electron chi connectivity index (χ1n) is 7.35. The van der Waals surface area contributed by atoms with Gasteiger partial charge in [-0.15, -0.1) is 0 Å². The third kappa shape index (κ3) is 4.60. The summed E-state index contributed by atoms with van der Waals surface area (Å²) < 4.78 is 10.3. The third-order valence-electron chi connectivity index (χ3n) is 3.37. The van der Waals surface area contributed by atoms with Crippen LogP contribution in [-0.2, 0) is 4.79 Å². The summed E-state index contributed by atoms with van der Waals surface area (Å²) in [5.74, 6) is 0.475. The molecule has 6 nitrogen and oxygen atoms in total. The highest BCUT2D eigenvalue weighted by Gasteiger charge is 2.14. The Morgan fingerprint density at radius 2 is 2.00 bits per heavy atom. The van der Waals surface area contributed by atoms with Crippen molar-refractivity contribution in [3.8, 4) is 5.75 Å². The van der Waals surface area contributed by atoms with Crippen molar-refractivity contribution < 1.29 is 18.7 Å². The van der Waals surface area contributed by atoms with Gasteiger partial charge >= 0.3 is 0 Å². The Bertz CT molecular complexity index is 652. The molecule has 0 aliphatic carbocycles. The van der Waals surface area contributed by atoms with Crippen LogP contribution in [0.5, 0.6) is 5.75 Å². The van der Waals surface area contributed by atoms with Gasteiger partial charge in [0.2, 0.25) is 5.91 Å². The van der Waals surface area contributed by atoms with Crippen LogP contribution in [0.4, 0.5) is 0 Å². The van der Waals surface area contributed by atoms with Gasteiger partial charge in [-0.05, 0) is 25.1 Å². The molecule has 1 unspecified atom stereocenters. The van der Waals surface area contributed by atoms with Crippen molar-refractivity contribution in [1.29, 1.82) is 0 Å². The van der Waals surface area contributed by atoms with E-state index >= 15 is 0 Å². The van der Waals surface area contributed by atoms with E-state index in [0.717, 1.165) is 11.3 Å². The second-order valence-corrected chi connectivity index (χ2v) is 5.01. The smallest absolute Gasteiger partial charge is 0.286 e. The maximum Gasteiger partial charge on any atom is 0.286 e. The number of methoxy groups -OCH3 is 1. The van der Waals surface area contributed by atoms with Crippen LogP contribution in [0.3, 0.4) is 0 Å². The van der Waals surface area contributed by atoms with E-state index in [9.17, 15) is 9.59 Å². The molecule has 0 bridgehead atoms. The minimum atomic E-state index is -0.333. The number of amides is 2. The summed E-state index contributed by atoms with van der Waals surface area (Å²) in [6.07, 6.45) is 1.61. The number of rotatable bonds is 7.